The smallest absolute Gasteiger partial charge is 0.261 e. The van der Waals surface area contributed by atoms with Gasteiger partial charge in [-0.3, -0.25) is 9.52 Å². The first-order valence-electron chi connectivity index (χ1n) is 9.37. The lowest BCUT2D eigenvalue weighted by Crippen LogP contribution is -2.26. The topological polar surface area (TPSA) is 76.1 Å². The van der Waals surface area contributed by atoms with Gasteiger partial charge in [0.1, 0.15) is 5.15 Å². The minimum atomic E-state index is -3.97. The molecule has 164 valence electrons. The highest BCUT2D eigenvalue weighted by molar-refractivity contribution is 7.89. The van der Waals surface area contributed by atoms with Crippen molar-refractivity contribution < 1.29 is 13.2 Å². The van der Waals surface area contributed by atoms with Crippen LogP contribution in [0.1, 0.15) is 43.6 Å². The molecule has 0 radical (unpaired) electrons. The Bertz CT molecular complexity index is 1140. The largest absolute Gasteiger partial charge is 0.288 e. The van der Waals surface area contributed by atoms with Crippen molar-refractivity contribution in [2.24, 2.45) is 0 Å². The average molecular weight is 479 g/mol. The van der Waals surface area contributed by atoms with Crippen molar-refractivity contribution in [3.63, 3.8) is 0 Å². The maximum Gasteiger partial charge on any atom is 0.261 e. The Kier molecular flexibility index (Phi) is 7.87. The van der Waals surface area contributed by atoms with Gasteiger partial charge in [0.2, 0.25) is 0 Å². The predicted molar refractivity (Wildman–Crippen MR) is 126 cm³/mol. The Morgan fingerprint density at radius 1 is 1.13 bits per heavy atom. The predicted octanol–water partition coefficient (Wildman–Crippen LogP) is 5.78. The van der Waals surface area contributed by atoms with E-state index < -0.39 is 15.8 Å². The number of aromatic nitrogens is 1. The van der Waals surface area contributed by atoms with Crippen molar-refractivity contribution in [3.8, 4) is 0 Å². The Labute approximate surface area is 193 Å². The van der Waals surface area contributed by atoms with Gasteiger partial charge in [-0.25, -0.2) is 13.4 Å². The molecule has 0 bridgehead atoms. The minimum absolute atomic E-state index is 0.0119. The van der Waals surface area contributed by atoms with Gasteiger partial charge < -0.3 is 0 Å². The normalized spacial score (nSPS) is 13.1. The number of carbonyl (C=O) groups is 1. The zero-order valence-corrected chi connectivity index (χ0v) is 20.1. The van der Waals surface area contributed by atoms with E-state index in [1.54, 1.807) is 25.1 Å². The summed E-state index contributed by atoms with van der Waals surface area (Å²) in [5.74, 6) is -0.500. The zero-order valence-electron chi connectivity index (χ0n) is 17.7. The summed E-state index contributed by atoms with van der Waals surface area (Å²) in [5.41, 5.74) is 0.974. The molecule has 1 aromatic heterocycles. The molecule has 0 atom stereocenters. The lowest BCUT2D eigenvalue weighted by atomic mass is 9.87. The van der Waals surface area contributed by atoms with Crippen LogP contribution in [0.2, 0.25) is 5.15 Å². The summed E-state index contributed by atoms with van der Waals surface area (Å²) < 4.78 is 28.1. The monoisotopic (exact) mass is 478 g/mol. The molecule has 2 rings (SSSR count). The quantitative estimate of drug-likeness (QED) is 0.237. The van der Waals surface area contributed by atoms with E-state index in [0.29, 0.717) is 0 Å². The van der Waals surface area contributed by atoms with Gasteiger partial charge in [0, 0.05) is 22.4 Å². The van der Waals surface area contributed by atoms with Crippen molar-refractivity contribution in [1.29, 1.82) is 0 Å². The standard InChI is InChI=1S/C23H24Cl2N2O3S/c1-6-18(24)13-20(22(28)16-7-12-21(25)26-14-16)15(2)27-31(29,30)19-10-8-17(9-11-19)23(3,4)5/h6-14,27H,2H2,1,3-5H3/b18-6+,20-13+. The lowest BCUT2D eigenvalue weighted by molar-refractivity contribution is 0.103. The molecule has 31 heavy (non-hydrogen) atoms. The lowest BCUT2D eigenvalue weighted by Gasteiger charge is -2.19. The van der Waals surface area contributed by atoms with Crippen molar-refractivity contribution >= 4 is 39.0 Å². The molecule has 0 aliphatic carbocycles. The first-order valence-corrected chi connectivity index (χ1v) is 11.6. The number of rotatable bonds is 7. The molecule has 0 spiro atoms. The van der Waals surface area contributed by atoms with Crippen LogP contribution in [0.25, 0.3) is 0 Å². The van der Waals surface area contributed by atoms with Crippen LogP contribution in [0.4, 0.5) is 0 Å². The molecule has 0 saturated heterocycles. The van der Waals surface area contributed by atoms with E-state index in [4.69, 9.17) is 23.2 Å². The molecule has 5 nitrogen and oxygen atoms in total. The van der Waals surface area contributed by atoms with E-state index in [1.165, 1.54) is 36.5 Å². The number of ketones is 1. The van der Waals surface area contributed by atoms with Crippen LogP contribution in [0, 0.1) is 0 Å². The number of benzene rings is 1. The van der Waals surface area contributed by atoms with Gasteiger partial charge in [-0.15, -0.1) is 0 Å². The number of hydrogen-bond acceptors (Lipinski definition) is 4. The Morgan fingerprint density at radius 2 is 1.74 bits per heavy atom. The van der Waals surface area contributed by atoms with E-state index in [1.807, 2.05) is 20.8 Å². The molecular formula is C23H24Cl2N2O3S. The molecule has 0 aliphatic heterocycles. The third kappa shape index (κ3) is 6.53. The number of nitrogens with one attached hydrogen (secondary N) is 1. The molecule has 1 heterocycles. The second kappa shape index (κ2) is 9.81. The van der Waals surface area contributed by atoms with Crippen molar-refractivity contribution in [3.05, 3.63) is 93.9 Å². The SMILES string of the molecule is C=C(NS(=O)(=O)c1ccc(C(C)(C)C)cc1)/C(=C\C(Cl)=C/C)C(=O)c1ccc(Cl)nc1. The Balaban J connectivity index is 2.37. The van der Waals surface area contributed by atoms with E-state index in [2.05, 4.69) is 16.3 Å². The summed E-state index contributed by atoms with van der Waals surface area (Å²) in [5, 5.41) is 0.479. The highest BCUT2D eigenvalue weighted by atomic mass is 35.5. The van der Waals surface area contributed by atoms with Gasteiger partial charge in [0.25, 0.3) is 10.0 Å². The third-order valence-electron chi connectivity index (χ3n) is 4.41. The first kappa shape index (κ1) is 24.9. The summed E-state index contributed by atoms with van der Waals surface area (Å²) in [4.78, 5) is 16.9. The van der Waals surface area contributed by atoms with Crippen LogP contribution in [-0.4, -0.2) is 19.2 Å². The van der Waals surface area contributed by atoms with Crippen molar-refractivity contribution in [2.75, 3.05) is 0 Å². The number of carbonyl (C=O) groups excluding carboxylic acids is 1. The summed E-state index contributed by atoms with van der Waals surface area (Å²) in [6.07, 6.45) is 4.23. The molecule has 0 unspecified atom stereocenters. The Hall–Kier alpha value is -2.41. The summed E-state index contributed by atoms with van der Waals surface area (Å²) in [6.45, 7) is 11.6. The highest BCUT2D eigenvalue weighted by Crippen LogP contribution is 2.24. The van der Waals surface area contributed by atoms with Crippen molar-refractivity contribution in [2.45, 2.75) is 38.0 Å². The Morgan fingerprint density at radius 3 is 2.23 bits per heavy atom. The van der Waals surface area contributed by atoms with Crippen LogP contribution in [-0.2, 0) is 15.4 Å². The van der Waals surface area contributed by atoms with Crippen molar-refractivity contribution in [1.82, 2.24) is 9.71 Å². The van der Waals surface area contributed by atoms with Crippen LogP contribution in [0.5, 0.6) is 0 Å². The molecule has 2 aromatic rings. The first-order chi connectivity index (χ1) is 14.3. The van der Waals surface area contributed by atoms with Gasteiger partial charge in [-0.1, -0.05) is 68.8 Å². The van der Waals surface area contributed by atoms with Gasteiger partial charge in [0.05, 0.1) is 10.6 Å². The number of hydrogen-bond donors (Lipinski definition) is 1. The molecule has 0 amide bonds. The van der Waals surface area contributed by atoms with Crippen LogP contribution in [0.15, 0.2) is 82.5 Å². The fourth-order valence-electron chi connectivity index (χ4n) is 2.59. The number of Topliss-reactive ketones (excluding diaryl/α,β-unsaturated/α-hetero) is 1. The maximum atomic E-state index is 13.0. The van der Waals surface area contributed by atoms with E-state index >= 15 is 0 Å². The molecule has 0 fully saturated rings. The van der Waals surface area contributed by atoms with E-state index in [-0.39, 0.29) is 37.3 Å². The van der Waals surface area contributed by atoms with Crippen LogP contribution in [0.3, 0.4) is 0 Å². The van der Waals surface area contributed by atoms with E-state index in [0.717, 1.165) is 5.56 Å². The van der Waals surface area contributed by atoms with Gasteiger partial charge in [0.15, 0.2) is 5.78 Å². The molecule has 8 heteroatoms. The second-order valence-electron chi connectivity index (χ2n) is 7.79. The maximum absolute atomic E-state index is 13.0. The molecular weight excluding hydrogens is 455 g/mol. The summed E-state index contributed by atoms with van der Waals surface area (Å²) >= 11 is 11.9. The number of sulfonamides is 1. The highest BCUT2D eigenvalue weighted by Gasteiger charge is 2.22. The van der Waals surface area contributed by atoms with Gasteiger partial charge in [-0.2, -0.15) is 0 Å². The number of nitrogens with zero attached hydrogens (tertiary/aromatic N) is 1. The number of allylic oxidation sites excluding steroid dienone is 4. The molecule has 0 saturated carbocycles. The fraction of sp³-hybridized carbons (Fsp3) is 0.217. The third-order valence-corrected chi connectivity index (χ3v) is 6.36. The molecule has 1 aromatic carbocycles. The molecule has 0 aliphatic rings. The fourth-order valence-corrected chi connectivity index (χ4v) is 3.85. The van der Waals surface area contributed by atoms with Gasteiger partial charge >= 0.3 is 0 Å². The second-order valence-corrected chi connectivity index (χ2v) is 10.3. The summed E-state index contributed by atoms with van der Waals surface area (Å²) in [6, 6.07) is 9.51. The van der Waals surface area contributed by atoms with Crippen LogP contribution >= 0.6 is 23.2 Å². The van der Waals surface area contributed by atoms with Crippen LogP contribution < -0.4 is 4.72 Å². The zero-order chi connectivity index (χ0) is 23.4. The van der Waals surface area contributed by atoms with Gasteiger partial charge in [-0.05, 0) is 48.2 Å². The summed E-state index contributed by atoms with van der Waals surface area (Å²) in [7, 11) is -3.97. The number of halogens is 2. The molecule has 1 N–H and O–H groups in total. The number of pyridine rings is 1. The average Bonchev–Trinajstić information content (AvgIpc) is 2.71. The minimum Gasteiger partial charge on any atom is -0.288 e. The van der Waals surface area contributed by atoms with E-state index in [9.17, 15) is 13.2 Å².